The van der Waals surface area contributed by atoms with E-state index in [9.17, 15) is 38.7 Å². The Bertz CT molecular complexity index is 1960. The molecule has 1 saturated heterocycles. The Hall–Kier alpha value is -4.86. The number of methoxy groups -OCH3 is 2. The molecule has 2 aliphatic heterocycles. The van der Waals surface area contributed by atoms with E-state index in [4.69, 9.17) is 35.9 Å². The molecule has 0 bridgehead atoms. The molecule has 3 N–H and O–H groups in total. The van der Waals surface area contributed by atoms with E-state index in [1.54, 1.807) is 31.0 Å². The van der Waals surface area contributed by atoms with Crippen LogP contribution in [0, 0.1) is 23.7 Å². The predicted molar refractivity (Wildman–Crippen MR) is 275 cm³/mol. The topological polar surface area (TPSA) is 223 Å². The normalized spacial score (nSPS) is 18.1. The summed E-state index contributed by atoms with van der Waals surface area (Å²) < 4.78 is 28.7. The Morgan fingerprint density at radius 1 is 0.819 bits per heavy atom. The molecule has 20 heteroatoms. The Kier molecular flexibility index (Phi) is 26.5. The van der Waals surface area contributed by atoms with E-state index in [1.807, 2.05) is 78.8 Å². The number of rotatable bonds is 33. The number of amides is 6. The highest BCUT2D eigenvalue weighted by Gasteiger charge is 2.43. The van der Waals surface area contributed by atoms with Crippen LogP contribution in [0.3, 0.4) is 0 Å². The number of carbonyl (C=O) groups excluding carboxylic acids is 6. The van der Waals surface area contributed by atoms with E-state index < -0.39 is 54.2 Å². The van der Waals surface area contributed by atoms with Crippen molar-refractivity contribution in [3.05, 3.63) is 48.0 Å². The largest absolute Gasteiger partial charge is 0.480 e. The number of likely N-dealkylation sites (N-methyl/N-ethyl adjacent to an activating group) is 2. The molecular weight excluding hydrogens is 949 g/mol. The van der Waals surface area contributed by atoms with E-state index in [-0.39, 0.29) is 119 Å². The number of ether oxygens (including phenoxy) is 5. The number of nitrogens with one attached hydrogen (secondary N) is 2. The number of carbonyl (C=O) groups is 7. The Morgan fingerprint density at radius 2 is 1.42 bits per heavy atom. The van der Waals surface area contributed by atoms with Crippen molar-refractivity contribution in [2.45, 2.75) is 129 Å². The number of hydrogen-bond acceptors (Lipinski definition) is 13. The first kappa shape index (κ1) is 61.4. The minimum absolute atomic E-state index is 0.0122. The lowest BCUT2D eigenvalue weighted by Crippen LogP contribution is -2.60. The van der Waals surface area contributed by atoms with Crippen molar-refractivity contribution in [2.24, 2.45) is 23.7 Å². The van der Waals surface area contributed by atoms with Gasteiger partial charge in [0.15, 0.2) is 0 Å². The van der Waals surface area contributed by atoms with E-state index in [0.29, 0.717) is 24.4 Å². The first-order valence-corrected chi connectivity index (χ1v) is 25.6. The number of thiocarbonyl (C=S) groups is 1. The zero-order valence-corrected chi connectivity index (χ0v) is 45.2. The highest BCUT2D eigenvalue weighted by molar-refractivity contribution is 7.80. The van der Waals surface area contributed by atoms with Crippen LogP contribution in [0.15, 0.2) is 42.5 Å². The number of imide groups is 1. The highest BCUT2D eigenvalue weighted by atomic mass is 32.1. The van der Waals surface area contributed by atoms with E-state index in [2.05, 4.69) is 10.6 Å². The number of benzene rings is 1. The summed E-state index contributed by atoms with van der Waals surface area (Å²) in [7, 11) is 6.33. The zero-order chi connectivity index (χ0) is 53.7. The van der Waals surface area contributed by atoms with Gasteiger partial charge in [0, 0.05) is 59.4 Å². The maximum absolute atomic E-state index is 14.6. The third-order valence-electron chi connectivity index (χ3n) is 13.7. The lowest BCUT2D eigenvalue weighted by Gasteiger charge is -2.41. The molecule has 1 aromatic carbocycles. The molecule has 72 heavy (non-hydrogen) atoms. The van der Waals surface area contributed by atoms with Crippen LogP contribution in [0.1, 0.15) is 86.1 Å². The summed E-state index contributed by atoms with van der Waals surface area (Å²) >= 11 is 5.78. The molecule has 9 atom stereocenters. The molecule has 0 aliphatic carbocycles. The van der Waals surface area contributed by atoms with Crippen molar-refractivity contribution in [2.75, 3.05) is 81.0 Å². The summed E-state index contributed by atoms with van der Waals surface area (Å²) in [4.78, 5) is 98.2. The average Bonchev–Trinajstić information content (AvgIpc) is 3.96. The predicted octanol–water partition coefficient (Wildman–Crippen LogP) is 3.51. The molecule has 404 valence electrons. The average molecular weight is 1030 g/mol. The summed E-state index contributed by atoms with van der Waals surface area (Å²) in [5, 5.41) is 16.1. The molecular formula is C52H82N6O13S. The zero-order valence-electron chi connectivity index (χ0n) is 44.3. The van der Waals surface area contributed by atoms with Gasteiger partial charge in [-0.3, -0.25) is 33.7 Å². The molecule has 1 aromatic rings. The first-order chi connectivity index (χ1) is 34.2. The molecule has 2 aliphatic rings. The van der Waals surface area contributed by atoms with Crippen LogP contribution in [-0.4, -0.2) is 195 Å². The summed E-state index contributed by atoms with van der Waals surface area (Å²) in [6, 6.07) is 5.58. The van der Waals surface area contributed by atoms with Crippen LogP contribution >= 0.6 is 12.2 Å². The van der Waals surface area contributed by atoms with Gasteiger partial charge in [-0.15, -0.1) is 0 Å². The van der Waals surface area contributed by atoms with Crippen molar-refractivity contribution < 1.29 is 62.4 Å². The number of likely N-dealkylation sites (tertiary alicyclic amines) is 1. The molecule has 0 spiro atoms. The number of carboxylic acids is 1. The molecule has 8 unspecified atom stereocenters. The standard InChI is InChI=1S/C52H82N6O13S/c1-12-35(6)47(40(67-10)32-44(62)57-23-16-19-39(57)48(68-11)36(7)50(72)53-38(52(65)66)31-37-17-14-13-15-18-37)56(9)51(64)45(33(2)3)54-49(63)46(34(4)5)55(8)41(59)22-25-69-27-29-71-30-28-70-26-24-58-42(60)20-21-43(58)61/h13-15,17-18,20-21,33-36,38-40,45-48H,12,16,19,22-32H2,1-11H3,(H,53,72)(H,54,63)(H,65,66)/t35?,36?,38?,39-,40?,45?,46?,47?,48?/m0/s1. The number of hydrogen-bond donors (Lipinski definition) is 3. The second-order valence-corrected chi connectivity index (χ2v) is 19.8. The van der Waals surface area contributed by atoms with Crippen molar-refractivity contribution in [1.29, 1.82) is 0 Å². The Balaban J connectivity index is 1.60. The molecule has 0 radical (unpaired) electrons. The monoisotopic (exact) mass is 1030 g/mol. The Morgan fingerprint density at radius 3 is 1.96 bits per heavy atom. The molecule has 1 fully saturated rings. The van der Waals surface area contributed by atoms with Crippen molar-refractivity contribution in [1.82, 2.24) is 30.2 Å². The Labute approximate surface area is 432 Å². The summed E-state index contributed by atoms with van der Waals surface area (Å²) in [5.41, 5.74) is 0.852. The fraction of sp³-hybridized carbons (Fsp3) is 0.692. The lowest BCUT2D eigenvalue weighted by atomic mass is 9.89. The number of carboxylic acid groups (broad SMARTS) is 1. The maximum atomic E-state index is 14.6. The van der Waals surface area contributed by atoms with Gasteiger partial charge in [0.25, 0.3) is 11.8 Å². The fourth-order valence-electron chi connectivity index (χ4n) is 9.40. The van der Waals surface area contributed by atoms with E-state index >= 15 is 0 Å². The summed E-state index contributed by atoms with van der Waals surface area (Å²) in [5.74, 6) is -4.26. The van der Waals surface area contributed by atoms with Gasteiger partial charge in [-0.25, -0.2) is 4.79 Å². The van der Waals surface area contributed by atoms with E-state index in [1.165, 1.54) is 24.2 Å². The van der Waals surface area contributed by atoms with E-state index in [0.717, 1.165) is 16.9 Å². The number of aliphatic carboxylic acids is 1. The SMILES string of the molecule is CCC(C)C(C(CC(=O)N1CCC[C@H]1C(OC)C(C)C(=S)NC(Cc1ccccc1)C(=O)O)OC)N(C)C(=O)C(NC(=O)C(C(C)C)N(C)C(=O)CCOCCOCCOCCN1C(=O)C=CC1=O)C(C)C. The maximum Gasteiger partial charge on any atom is 0.326 e. The molecule has 6 amide bonds. The molecule has 19 nitrogen and oxygen atoms in total. The highest BCUT2D eigenvalue weighted by Crippen LogP contribution is 2.30. The van der Waals surface area contributed by atoms with Crippen LogP contribution in [0.2, 0.25) is 0 Å². The van der Waals surface area contributed by atoms with Crippen LogP contribution in [0.25, 0.3) is 0 Å². The van der Waals surface area contributed by atoms with Gasteiger partial charge < -0.3 is 54.1 Å². The van der Waals surface area contributed by atoms with Gasteiger partial charge in [0.2, 0.25) is 23.6 Å². The van der Waals surface area contributed by atoms with Crippen LogP contribution in [0.4, 0.5) is 0 Å². The fourth-order valence-corrected chi connectivity index (χ4v) is 9.67. The summed E-state index contributed by atoms with van der Waals surface area (Å²) in [6.45, 7) is 15.2. The van der Waals surface area contributed by atoms with Gasteiger partial charge in [-0.05, 0) is 36.2 Å². The van der Waals surface area contributed by atoms with Gasteiger partial charge in [0.05, 0.1) is 88.3 Å². The second-order valence-electron chi connectivity index (χ2n) is 19.4. The number of nitrogens with zero attached hydrogens (tertiary/aromatic N) is 4. The third-order valence-corrected chi connectivity index (χ3v) is 14.2. The lowest BCUT2D eigenvalue weighted by molar-refractivity contribution is -0.148. The van der Waals surface area contributed by atoms with Crippen LogP contribution in [-0.2, 0) is 63.7 Å². The van der Waals surface area contributed by atoms with Gasteiger partial charge in [-0.2, -0.15) is 0 Å². The molecule has 2 heterocycles. The van der Waals surface area contributed by atoms with Crippen molar-refractivity contribution >= 4 is 58.6 Å². The molecule has 0 aromatic heterocycles. The summed E-state index contributed by atoms with van der Waals surface area (Å²) in [6.07, 6.45) is 3.45. The first-order valence-electron chi connectivity index (χ1n) is 25.2. The molecule has 0 saturated carbocycles. The smallest absolute Gasteiger partial charge is 0.326 e. The minimum atomic E-state index is -1.03. The third kappa shape index (κ3) is 18.0. The van der Waals surface area contributed by atoms with Gasteiger partial charge >= 0.3 is 5.97 Å². The van der Waals surface area contributed by atoms with Gasteiger partial charge in [-0.1, -0.05) is 97.4 Å². The van der Waals surface area contributed by atoms with Crippen LogP contribution in [0.5, 0.6) is 0 Å². The van der Waals surface area contributed by atoms with Crippen molar-refractivity contribution in [3.63, 3.8) is 0 Å². The second kappa shape index (κ2) is 31.0. The minimum Gasteiger partial charge on any atom is -0.480 e. The quantitative estimate of drug-likeness (QED) is 0.0521. The van der Waals surface area contributed by atoms with Crippen molar-refractivity contribution in [3.8, 4) is 0 Å². The van der Waals surface area contributed by atoms with Gasteiger partial charge in [0.1, 0.15) is 18.1 Å². The molecule has 3 rings (SSSR count). The van der Waals surface area contributed by atoms with Crippen LogP contribution < -0.4 is 10.6 Å².